The van der Waals surface area contributed by atoms with Crippen LogP contribution in [0.4, 0.5) is 11.4 Å². The number of pyridine rings is 1. The van der Waals surface area contributed by atoms with Crippen LogP contribution in [0.2, 0.25) is 0 Å². The van der Waals surface area contributed by atoms with Gasteiger partial charge < -0.3 is 10.2 Å². The molecule has 1 aromatic heterocycles. The van der Waals surface area contributed by atoms with E-state index in [1.165, 1.54) is 39.4 Å². The molecule has 0 bridgehead atoms. The second-order valence-electron chi connectivity index (χ2n) is 8.76. The highest BCUT2D eigenvalue weighted by molar-refractivity contribution is 7.89. The molecule has 1 aliphatic rings. The maximum Gasteiger partial charge on any atom is 0.255 e. The van der Waals surface area contributed by atoms with E-state index in [9.17, 15) is 13.2 Å². The van der Waals surface area contributed by atoms with E-state index in [2.05, 4.69) is 15.2 Å². The molecule has 0 radical (unpaired) electrons. The molecule has 0 atom stereocenters. The SMILES string of the molecule is Cc1cc(C(=O)Nc2ccc(N3CCCCC3)c3ccncc23)cc(S(=O)(=O)N(C)C)c1C. The zero-order chi connectivity index (χ0) is 23.8. The Morgan fingerprint density at radius 2 is 1.76 bits per heavy atom. The Morgan fingerprint density at radius 3 is 2.45 bits per heavy atom. The molecule has 1 amide bonds. The molecule has 3 aromatic rings. The lowest BCUT2D eigenvalue weighted by molar-refractivity contribution is 0.102. The van der Waals surface area contributed by atoms with Gasteiger partial charge in [-0.2, -0.15) is 0 Å². The fourth-order valence-electron chi connectivity index (χ4n) is 4.31. The third-order valence-electron chi connectivity index (χ3n) is 6.38. The first kappa shape index (κ1) is 23.2. The molecule has 174 valence electrons. The average Bonchev–Trinajstić information content (AvgIpc) is 2.81. The summed E-state index contributed by atoms with van der Waals surface area (Å²) in [6, 6.07) is 9.11. The normalized spacial score (nSPS) is 14.6. The number of hydrogen-bond acceptors (Lipinski definition) is 5. The zero-order valence-electron chi connectivity index (χ0n) is 19.6. The third-order valence-corrected chi connectivity index (χ3v) is 8.32. The van der Waals surface area contributed by atoms with Gasteiger partial charge in [0.05, 0.1) is 10.6 Å². The number of nitrogens with zero attached hydrogens (tertiary/aromatic N) is 3. The summed E-state index contributed by atoms with van der Waals surface area (Å²) in [4.78, 5) is 20.0. The van der Waals surface area contributed by atoms with Gasteiger partial charge in [0.2, 0.25) is 10.0 Å². The molecule has 0 unspecified atom stereocenters. The molecular weight excluding hydrogens is 436 g/mol. The number of hydrogen-bond donors (Lipinski definition) is 1. The number of rotatable bonds is 5. The standard InChI is InChI=1S/C25H30N4O3S/c1-17-14-19(15-24(18(17)2)33(31,32)28(3)4)25(30)27-22-8-9-23(29-12-6-5-7-13-29)20-10-11-26-16-21(20)22/h8-11,14-16H,5-7,12-13H2,1-4H3,(H,27,30). The van der Waals surface area contributed by atoms with E-state index in [0.717, 1.165) is 39.4 Å². The Labute approximate surface area is 195 Å². The fraction of sp³-hybridized carbons (Fsp3) is 0.360. The van der Waals surface area contributed by atoms with Gasteiger partial charge >= 0.3 is 0 Å². The number of amides is 1. The van der Waals surface area contributed by atoms with Gasteiger partial charge in [0.1, 0.15) is 0 Å². The van der Waals surface area contributed by atoms with Crippen LogP contribution in [0, 0.1) is 13.8 Å². The van der Waals surface area contributed by atoms with E-state index in [4.69, 9.17) is 0 Å². The van der Waals surface area contributed by atoms with Gasteiger partial charge in [0.25, 0.3) is 5.91 Å². The molecule has 33 heavy (non-hydrogen) atoms. The van der Waals surface area contributed by atoms with Gasteiger partial charge in [-0.3, -0.25) is 9.78 Å². The second-order valence-corrected chi connectivity index (χ2v) is 10.9. The van der Waals surface area contributed by atoms with Crippen LogP contribution in [-0.2, 0) is 10.0 Å². The van der Waals surface area contributed by atoms with E-state index in [0.29, 0.717) is 16.8 Å². The quantitative estimate of drug-likeness (QED) is 0.605. The van der Waals surface area contributed by atoms with Crippen molar-refractivity contribution in [2.24, 2.45) is 0 Å². The van der Waals surface area contributed by atoms with Crippen molar-refractivity contribution < 1.29 is 13.2 Å². The number of aryl methyl sites for hydroxylation is 1. The summed E-state index contributed by atoms with van der Waals surface area (Å²) in [6.07, 6.45) is 7.14. The van der Waals surface area contributed by atoms with Crippen molar-refractivity contribution in [3.05, 3.63) is 59.4 Å². The van der Waals surface area contributed by atoms with Gasteiger partial charge in [-0.25, -0.2) is 12.7 Å². The first-order valence-electron chi connectivity index (χ1n) is 11.2. The van der Waals surface area contributed by atoms with Gasteiger partial charge in [-0.05, 0) is 74.6 Å². The highest BCUT2D eigenvalue weighted by Gasteiger charge is 2.23. The lowest BCUT2D eigenvalue weighted by Crippen LogP contribution is -2.29. The zero-order valence-corrected chi connectivity index (χ0v) is 20.4. The summed E-state index contributed by atoms with van der Waals surface area (Å²) in [5, 5.41) is 4.88. The molecule has 1 N–H and O–H groups in total. The van der Waals surface area contributed by atoms with Crippen molar-refractivity contribution in [2.75, 3.05) is 37.4 Å². The maximum atomic E-state index is 13.2. The highest BCUT2D eigenvalue weighted by atomic mass is 32.2. The van der Waals surface area contributed by atoms with Crippen LogP contribution in [-0.4, -0.2) is 50.8 Å². The van der Waals surface area contributed by atoms with Crippen molar-refractivity contribution in [3.8, 4) is 0 Å². The van der Waals surface area contributed by atoms with Gasteiger partial charge in [0.15, 0.2) is 0 Å². The first-order valence-corrected chi connectivity index (χ1v) is 12.6. The van der Waals surface area contributed by atoms with Crippen LogP contribution in [0.3, 0.4) is 0 Å². The van der Waals surface area contributed by atoms with Crippen LogP contribution < -0.4 is 10.2 Å². The molecule has 1 aliphatic heterocycles. The number of piperidine rings is 1. The molecular formula is C25H30N4O3S. The van der Waals surface area contributed by atoms with Gasteiger partial charge in [-0.15, -0.1) is 0 Å². The number of nitrogens with one attached hydrogen (secondary N) is 1. The second kappa shape index (κ2) is 9.11. The molecule has 1 fully saturated rings. The lowest BCUT2D eigenvalue weighted by Gasteiger charge is -2.30. The van der Waals surface area contributed by atoms with E-state index < -0.39 is 10.0 Å². The molecule has 4 rings (SSSR count). The van der Waals surface area contributed by atoms with E-state index >= 15 is 0 Å². The number of fused-ring (bicyclic) bond motifs is 1. The summed E-state index contributed by atoms with van der Waals surface area (Å²) in [5.74, 6) is -0.357. The molecule has 1 saturated heterocycles. The molecule has 2 heterocycles. The minimum Gasteiger partial charge on any atom is -0.371 e. The topological polar surface area (TPSA) is 82.6 Å². The monoisotopic (exact) mass is 466 g/mol. The number of sulfonamides is 1. The molecule has 2 aromatic carbocycles. The van der Waals surface area contributed by atoms with Crippen molar-refractivity contribution in [2.45, 2.75) is 38.0 Å². The highest BCUT2D eigenvalue weighted by Crippen LogP contribution is 2.33. The molecule has 0 aliphatic carbocycles. The average molecular weight is 467 g/mol. The number of anilines is 2. The predicted octanol–water partition coefficient (Wildman–Crippen LogP) is 4.34. The minimum absolute atomic E-state index is 0.143. The Bertz CT molecular complexity index is 1310. The number of carbonyl (C=O) groups is 1. The summed E-state index contributed by atoms with van der Waals surface area (Å²) >= 11 is 0. The van der Waals surface area contributed by atoms with E-state index in [1.54, 1.807) is 25.4 Å². The van der Waals surface area contributed by atoms with Crippen LogP contribution >= 0.6 is 0 Å². The third kappa shape index (κ3) is 4.45. The van der Waals surface area contributed by atoms with Crippen molar-refractivity contribution in [1.29, 1.82) is 0 Å². The molecule has 0 spiro atoms. The smallest absolute Gasteiger partial charge is 0.255 e. The van der Waals surface area contributed by atoms with Crippen LogP contribution in [0.1, 0.15) is 40.7 Å². The first-order chi connectivity index (χ1) is 15.7. The van der Waals surface area contributed by atoms with Gasteiger partial charge in [0, 0.05) is 61.6 Å². The molecule has 7 nitrogen and oxygen atoms in total. The predicted molar refractivity (Wildman–Crippen MR) is 133 cm³/mol. The molecule has 0 saturated carbocycles. The number of carbonyl (C=O) groups excluding carboxylic acids is 1. The summed E-state index contributed by atoms with van der Waals surface area (Å²) in [6.45, 7) is 5.61. The fourth-order valence-corrected chi connectivity index (χ4v) is 5.53. The van der Waals surface area contributed by atoms with Crippen molar-refractivity contribution >= 4 is 38.1 Å². The maximum absolute atomic E-state index is 13.2. The Balaban J connectivity index is 1.71. The number of benzene rings is 2. The minimum atomic E-state index is -3.67. The lowest BCUT2D eigenvalue weighted by atomic mass is 10.0. The van der Waals surface area contributed by atoms with E-state index in [1.807, 2.05) is 25.1 Å². The summed E-state index contributed by atoms with van der Waals surface area (Å²) < 4.78 is 26.7. The van der Waals surface area contributed by atoms with Gasteiger partial charge in [-0.1, -0.05) is 0 Å². The Morgan fingerprint density at radius 1 is 1.03 bits per heavy atom. The van der Waals surface area contributed by atoms with Crippen LogP contribution in [0.5, 0.6) is 0 Å². The van der Waals surface area contributed by atoms with Crippen LogP contribution in [0.15, 0.2) is 47.6 Å². The van der Waals surface area contributed by atoms with Crippen molar-refractivity contribution in [3.63, 3.8) is 0 Å². The summed E-state index contributed by atoms with van der Waals surface area (Å²) in [7, 11) is -0.702. The molecule has 8 heteroatoms. The largest absolute Gasteiger partial charge is 0.371 e. The number of aromatic nitrogens is 1. The summed E-state index contributed by atoms with van der Waals surface area (Å²) in [5.41, 5.74) is 3.49. The Kier molecular flexibility index (Phi) is 6.41. The van der Waals surface area contributed by atoms with Crippen molar-refractivity contribution in [1.82, 2.24) is 9.29 Å². The Hall–Kier alpha value is -2.97. The van der Waals surface area contributed by atoms with E-state index in [-0.39, 0.29) is 10.8 Å². The van der Waals surface area contributed by atoms with Crippen LogP contribution in [0.25, 0.3) is 10.8 Å².